The van der Waals surface area contributed by atoms with Crippen LogP contribution >= 0.6 is 15.9 Å². The van der Waals surface area contributed by atoms with Crippen LogP contribution in [0.2, 0.25) is 0 Å². The van der Waals surface area contributed by atoms with E-state index in [0.717, 1.165) is 6.42 Å². The summed E-state index contributed by atoms with van der Waals surface area (Å²) < 4.78 is 21.3. The second-order valence-corrected chi connectivity index (χ2v) is 6.83. The van der Waals surface area contributed by atoms with E-state index in [1.54, 1.807) is 36.4 Å². The number of ether oxygens (including phenoxy) is 4. The van der Waals surface area contributed by atoms with E-state index in [0.29, 0.717) is 39.5 Å². The molecule has 30 heavy (non-hydrogen) atoms. The normalized spacial score (nSPS) is 10.5. The van der Waals surface area contributed by atoms with Gasteiger partial charge >= 0.3 is 5.97 Å². The number of halogens is 1. The summed E-state index contributed by atoms with van der Waals surface area (Å²) in [6.07, 6.45) is 2.38. The Morgan fingerprint density at radius 1 is 1.13 bits per heavy atom. The van der Waals surface area contributed by atoms with Crippen molar-refractivity contribution in [1.29, 1.82) is 0 Å². The Morgan fingerprint density at radius 2 is 1.87 bits per heavy atom. The zero-order chi connectivity index (χ0) is 21.9. The Balaban J connectivity index is 2.02. The van der Waals surface area contributed by atoms with Crippen LogP contribution < -0.4 is 19.6 Å². The van der Waals surface area contributed by atoms with Gasteiger partial charge in [0.05, 0.1) is 31.5 Å². The summed E-state index contributed by atoms with van der Waals surface area (Å²) in [5, 5.41) is 3.98. The van der Waals surface area contributed by atoms with Crippen molar-refractivity contribution >= 4 is 34.0 Å². The van der Waals surface area contributed by atoms with E-state index in [9.17, 15) is 9.59 Å². The summed E-state index contributed by atoms with van der Waals surface area (Å²) in [4.78, 5) is 23.5. The third-order valence-corrected chi connectivity index (χ3v) is 4.37. The second-order valence-electron chi connectivity index (χ2n) is 5.97. The summed E-state index contributed by atoms with van der Waals surface area (Å²) in [7, 11) is 2.75. The van der Waals surface area contributed by atoms with Gasteiger partial charge in [0, 0.05) is 5.56 Å². The summed E-state index contributed by atoms with van der Waals surface area (Å²) in [5.74, 6) is 0.598. The molecule has 0 saturated heterocycles. The molecule has 0 radical (unpaired) electrons. The first kappa shape index (κ1) is 23.2. The van der Waals surface area contributed by atoms with Crippen LogP contribution in [0.4, 0.5) is 0 Å². The van der Waals surface area contributed by atoms with E-state index in [4.69, 9.17) is 14.2 Å². The Morgan fingerprint density at radius 3 is 2.50 bits per heavy atom. The lowest BCUT2D eigenvalue weighted by Crippen LogP contribution is -2.17. The number of hydrogen-bond acceptors (Lipinski definition) is 7. The highest BCUT2D eigenvalue weighted by atomic mass is 79.9. The molecule has 2 aromatic rings. The second kappa shape index (κ2) is 11.8. The third-order valence-electron chi connectivity index (χ3n) is 3.78. The van der Waals surface area contributed by atoms with Crippen molar-refractivity contribution in [2.45, 2.75) is 13.3 Å². The van der Waals surface area contributed by atoms with Gasteiger partial charge < -0.3 is 18.9 Å². The van der Waals surface area contributed by atoms with Crippen LogP contribution in [-0.2, 0) is 9.53 Å². The molecule has 0 aliphatic rings. The fourth-order valence-electron chi connectivity index (χ4n) is 2.30. The fourth-order valence-corrected chi connectivity index (χ4v) is 2.87. The van der Waals surface area contributed by atoms with E-state index in [2.05, 4.69) is 31.2 Å². The van der Waals surface area contributed by atoms with Crippen molar-refractivity contribution < 1.29 is 28.5 Å². The van der Waals surface area contributed by atoms with Gasteiger partial charge in [0.15, 0.2) is 18.1 Å². The van der Waals surface area contributed by atoms with Crippen molar-refractivity contribution in [3.8, 4) is 17.2 Å². The molecule has 9 heteroatoms. The third kappa shape index (κ3) is 6.77. The van der Waals surface area contributed by atoms with E-state index in [1.165, 1.54) is 20.4 Å². The number of methoxy groups -OCH3 is 2. The summed E-state index contributed by atoms with van der Waals surface area (Å²) in [5.41, 5.74) is 3.58. The molecule has 0 fully saturated rings. The minimum Gasteiger partial charge on any atom is -0.494 e. The largest absolute Gasteiger partial charge is 0.494 e. The zero-order valence-corrected chi connectivity index (χ0v) is 18.5. The van der Waals surface area contributed by atoms with E-state index < -0.39 is 5.97 Å². The van der Waals surface area contributed by atoms with Crippen molar-refractivity contribution in [2.24, 2.45) is 5.10 Å². The molecule has 2 aromatic carbocycles. The molecule has 0 atom stereocenters. The smallest absolute Gasteiger partial charge is 0.343 e. The van der Waals surface area contributed by atoms with Gasteiger partial charge in [-0.05, 0) is 64.3 Å². The Kier molecular flexibility index (Phi) is 9.14. The standard InChI is InChI=1S/C21H23BrN2O6/c1-4-9-29-16-7-5-15(6-8-16)21(26)24-23-12-14-10-17(22)20(18(11-14)27-2)30-13-19(25)28-3/h5-8,10-12H,4,9,13H2,1-3H3,(H,24,26)/b23-12+. The minimum atomic E-state index is -0.512. The maximum atomic E-state index is 12.2. The summed E-state index contributed by atoms with van der Waals surface area (Å²) in [6.45, 7) is 2.40. The molecule has 0 aliphatic carbocycles. The predicted molar refractivity (Wildman–Crippen MR) is 115 cm³/mol. The number of esters is 1. The first-order valence-corrected chi connectivity index (χ1v) is 9.91. The Labute approximate surface area is 183 Å². The molecule has 0 unspecified atom stereocenters. The predicted octanol–water partition coefficient (Wildman–Crippen LogP) is 3.56. The number of hydrazone groups is 1. The first-order valence-electron chi connectivity index (χ1n) is 9.11. The number of amides is 1. The molecule has 0 saturated carbocycles. The highest BCUT2D eigenvalue weighted by Crippen LogP contribution is 2.36. The van der Waals surface area contributed by atoms with E-state index in [-0.39, 0.29) is 12.5 Å². The SMILES string of the molecule is CCCOc1ccc(C(=O)N/N=C/c2cc(Br)c(OCC(=O)OC)c(OC)c2)cc1. The van der Waals surface area contributed by atoms with Crippen LogP contribution in [0.1, 0.15) is 29.3 Å². The molecule has 0 aromatic heterocycles. The van der Waals surface area contributed by atoms with Gasteiger partial charge in [0.2, 0.25) is 0 Å². The zero-order valence-electron chi connectivity index (χ0n) is 16.9. The maximum absolute atomic E-state index is 12.2. The van der Waals surface area contributed by atoms with Gasteiger partial charge in [0.25, 0.3) is 5.91 Å². The molecule has 8 nitrogen and oxygen atoms in total. The van der Waals surface area contributed by atoms with Crippen LogP contribution in [-0.4, -0.2) is 45.5 Å². The number of carbonyl (C=O) groups excluding carboxylic acids is 2. The first-order chi connectivity index (χ1) is 14.5. The molecular weight excluding hydrogens is 456 g/mol. The van der Waals surface area contributed by atoms with Gasteiger partial charge in [-0.1, -0.05) is 6.92 Å². The van der Waals surface area contributed by atoms with Crippen LogP contribution in [0.3, 0.4) is 0 Å². The van der Waals surface area contributed by atoms with Gasteiger partial charge in [0.1, 0.15) is 5.75 Å². The van der Waals surface area contributed by atoms with Gasteiger partial charge in [-0.2, -0.15) is 5.10 Å². The molecule has 0 spiro atoms. The lowest BCUT2D eigenvalue weighted by molar-refractivity contribution is -0.142. The van der Waals surface area contributed by atoms with Crippen molar-refractivity contribution in [3.63, 3.8) is 0 Å². The molecule has 0 bridgehead atoms. The quantitative estimate of drug-likeness (QED) is 0.318. The fraction of sp³-hybridized carbons (Fsp3) is 0.286. The molecule has 1 N–H and O–H groups in total. The number of rotatable bonds is 10. The number of nitrogens with zero attached hydrogens (tertiary/aromatic N) is 1. The Bertz CT molecular complexity index is 899. The highest BCUT2D eigenvalue weighted by Gasteiger charge is 2.13. The monoisotopic (exact) mass is 478 g/mol. The van der Waals surface area contributed by atoms with Gasteiger partial charge in [-0.25, -0.2) is 10.2 Å². The number of nitrogens with one attached hydrogen (secondary N) is 1. The molecule has 1 amide bonds. The van der Waals surface area contributed by atoms with Gasteiger partial charge in [-0.15, -0.1) is 0 Å². The number of hydrogen-bond donors (Lipinski definition) is 1. The molecule has 2 rings (SSSR count). The average Bonchev–Trinajstić information content (AvgIpc) is 2.76. The molecule has 0 heterocycles. The molecule has 160 valence electrons. The van der Waals surface area contributed by atoms with Crippen molar-refractivity contribution in [3.05, 3.63) is 52.0 Å². The van der Waals surface area contributed by atoms with Crippen LogP contribution in [0.15, 0.2) is 46.0 Å². The Hall–Kier alpha value is -3.07. The van der Waals surface area contributed by atoms with Crippen LogP contribution in [0.5, 0.6) is 17.2 Å². The summed E-state index contributed by atoms with van der Waals surface area (Å²) >= 11 is 3.38. The molecule has 0 aliphatic heterocycles. The maximum Gasteiger partial charge on any atom is 0.343 e. The molecular formula is C21H23BrN2O6. The lowest BCUT2D eigenvalue weighted by Gasteiger charge is -2.12. The number of benzene rings is 2. The minimum absolute atomic E-state index is 0.253. The van der Waals surface area contributed by atoms with Crippen molar-refractivity contribution in [1.82, 2.24) is 5.43 Å². The average molecular weight is 479 g/mol. The van der Waals surface area contributed by atoms with Gasteiger partial charge in [-0.3, -0.25) is 4.79 Å². The summed E-state index contributed by atoms with van der Waals surface area (Å²) in [6, 6.07) is 10.2. The highest BCUT2D eigenvalue weighted by molar-refractivity contribution is 9.10. The van der Waals surface area contributed by atoms with Crippen LogP contribution in [0, 0.1) is 0 Å². The number of carbonyl (C=O) groups is 2. The van der Waals surface area contributed by atoms with Crippen molar-refractivity contribution in [2.75, 3.05) is 27.4 Å². The topological polar surface area (TPSA) is 95.5 Å². The van der Waals surface area contributed by atoms with Crippen LogP contribution in [0.25, 0.3) is 0 Å². The van der Waals surface area contributed by atoms with E-state index in [1.807, 2.05) is 6.92 Å². The lowest BCUT2D eigenvalue weighted by atomic mass is 10.2. The van der Waals surface area contributed by atoms with E-state index >= 15 is 0 Å².